The standard InChI is InChI=1S/C15H12ClN3O2S/c1-19-8-9(2-5-14(19)20)18-15(21)11-7-17-6-10(11)12-3-4-13(16)22-12/h2-8,17H,1H3,(H,18,21). The Balaban J connectivity index is 1.88. The fourth-order valence-electron chi connectivity index (χ4n) is 2.08. The average molecular weight is 334 g/mol. The zero-order chi connectivity index (χ0) is 15.7. The molecule has 22 heavy (non-hydrogen) atoms. The summed E-state index contributed by atoms with van der Waals surface area (Å²) in [4.78, 5) is 27.6. The number of hydrogen-bond donors (Lipinski definition) is 2. The fraction of sp³-hybridized carbons (Fsp3) is 0.0667. The van der Waals surface area contributed by atoms with Crippen LogP contribution in [0.5, 0.6) is 0 Å². The van der Waals surface area contributed by atoms with Crippen LogP contribution < -0.4 is 10.9 Å². The van der Waals surface area contributed by atoms with Crippen LogP contribution in [0, 0.1) is 0 Å². The number of aryl methyl sites for hydroxylation is 1. The van der Waals surface area contributed by atoms with Gasteiger partial charge in [0.2, 0.25) is 5.56 Å². The van der Waals surface area contributed by atoms with Crippen LogP contribution in [0.25, 0.3) is 10.4 Å². The largest absolute Gasteiger partial charge is 0.366 e. The molecule has 112 valence electrons. The predicted octanol–water partition coefficient (Wildman–Crippen LogP) is 3.35. The monoisotopic (exact) mass is 333 g/mol. The first-order chi connectivity index (χ1) is 10.5. The number of halogens is 1. The summed E-state index contributed by atoms with van der Waals surface area (Å²) in [7, 11) is 1.63. The number of hydrogen-bond acceptors (Lipinski definition) is 3. The van der Waals surface area contributed by atoms with Gasteiger partial charge in [-0.25, -0.2) is 0 Å². The molecule has 5 nitrogen and oxygen atoms in total. The normalized spacial score (nSPS) is 10.6. The van der Waals surface area contributed by atoms with E-state index in [1.165, 1.54) is 22.0 Å². The molecule has 0 aliphatic rings. The Kier molecular flexibility index (Phi) is 3.87. The van der Waals surface area contributed by atoms with Crippen molar-refractivity contribution >= 4 is 34.5 Å². The van der Waals surface area contributed by atoms with E-state index in [1.807, 2.05) is 6.07 Å². The number of anilines is 1. The second-order valence-electron chi connectivity index (χ2n) is 4.71. The summed E-state index contributed by atoms with van der Waals surface area (Å²) in [6.45, 7) is 0. The first kappa shape index (κ1) is 14.6. The molecule has 0 aliphatic carbocycles. The number of nitrogens with zero attached hydrogens (tertiary/aromatic N) is 1. The van der Waals surface area contributed by atoms with E-state index in [0.29, 0.717) is 15.6 Å². The van der Waals surface area contributed by atoms with Crippen molar-refractivity contribution in [3.05, 3.63) is 63.1 Å². The maximum atomic E-state index is 12.4. The first-order valence-electron chi connectivity index (χ1n) is 6.45. The minimum absolute atomic E-state index is 0.131. The molecule has 2 N–H and O–H groups in total. The third-order valence-electron chi connectivity index (χ3n) is 3.17. The maximum Gasteiger partial charge on any atom is 0.257 e. The van der Waals surface area contributed by atoms with E-state index in [2.05, 4.69) is 10.3 Å². The van der Waals surface area contributed by atoms with Gasteiger partial charge in [0.15, 0.2) is 0 Å². The van der Waals surface area contributed by atoms with Gasteiger partial charge >= 0.3 is 0 Å². The summed E-state index contributed by atoms with van der Waals surface area (Å²) >= 11 is 7.35. The van der Waals surface area contributed by atoms with Gasteiger partial charge < -0.3 is 14.9 Å². The van der Waals surface area contributed by atoms with Crippen molar-refractivity contribution in [1.29, 1.82) is 0 Å². The van der Waals surface area contributed by atoms with Crippen molar-refractivity contribution in [2.24, 2.45) is 7.05 Å². The van der Waals surface area contributed by atoms with Crippen LogP contribution in [0.15, 0.2) is 47.7 Å². The molecule has 0 radical (unpaired) electrons. The second-order valence-corrected chi connectivity index (χ2v) is 6.42. The molecule has 0 fully saturated rings. The maximum absolute atomic E-state index is 12.4. The molecule has 3 aromatic heterocycles. The van der Waals surface area contributed by atoms with Gasteiger partial charge in [0.05, 0.1) is 15.6 Å². The second kappa shape index (κ2) is 5.82. The van der Waals surface area contributed by atoms with Gasteiger partial charge in [-0.2, -0.15) is 0 Å². The lowest BCUT2D eigenvalue weighted by Gasteiger charge is -2.06. The number of thiophene rings is 1. The number of amides is 1. The molecule has 3 rings (SSSR count). The highest BCUT2D eigenvalue weighted by Gasteiger charge is 2.15. The van der Waals surface area contributed by atoms with E-state index in [1.54, 1.807) is 37.8 Å². The summed E-state index contributed by atoms with van der Waals surface area (Å²) in [5.74, 6) is -0.251. The Morgan fingerprint density at radius 3 is 2.77 bits per heavy atom. The minimum Gasteiger partial charge on any atom is -0.366 e. The predicted molar refractivity (Wildman–Crippen MR) is 88.8 cm³/mol. The van der Waals surface area contributed by atoms with Crippen molar-refractivity contribution in [1.82, 2.24) is 9.55 Å². The highest BCUT2D eigenvalue weighted by atomic mass is 35.5. The lowest BCUT2D eigenvalue weighted by molar-refractivity contribution is 0.102. The minimum atomic E-state index is -0.251. The molecular formula is C15H12ClN3O2S. The Morgan fingerprint density at radius 2 is 2.09 bits per heavy atom. The third kappa shape index (κ3) is 2.84. The summed E-state index contributed by atoms with van der Waals surface area (Å²) in [5.41, 5.74) is 1.74. The summed E-state index contributed by atoms with van der Waals surface area (Å²) in [5, 5.41) is 2.78. The van der Waals surface area contributed by atoms with Gasteiger partial charge in [0, 0.05) is 42.1 Å². The van der Waals surface area contributed by atoms with Gasteiger partial charge in [0.1, 0.15) is 0 Å². The van der Waals surface area contributed by atoms with Crippen LogP contribution in [-0.2, 0) is 7.05 Å². The average Bonchev–Trinajstić information content (AvgIpc) is 3.11. The topological polar surface area (TPSA) is 66.9 Å². The van der Waals surface area contributed by atoms with Gasteiger partial charge in [-0.15, -0.1) is 11.3 Å². The van der Waals surface area contributed by atoms with Crippen molar-refractivity contribution < 1.29 is 4.79 Å². The zero-order valence-corrected chi connectivity index (χ0v) is 13.2. The molecule has 1 amide bonds. The van der Waals surface area contributed by atoms with Crippen molar-refractivity contribution in [3.63, 3.8) is 0 Å². The van der Waals surface area contributed by atoms with E-state index < -0.39 is 0 Å². The van der Waals surface area contributed by atoms with Crippen LogP contribution in [0.4, 0.5) is 5.69 Å². The Labute approximate surface area is 135 Å². The van der Waals surface area contributed by atoms with Crippen molar-refractivity contribution in [3.8, 4) is 10.4 Å². The molecule has 0 saturated heterocycles. The van der Waals surface area contributed by atoms with Gasteiger partial charge in [-0.1, -0.05) is 11.6 Å². The summed E-state index contributed by atoms with van der Waals surface area (Å²) in [6.07, 6.45) is 4.98. The van der Waals surface area contributed by atoms with E-state index in [9.17, 15) is 9.59 Å². The molecule has 3 heterocycles. The zero-order valence-electron chi connectivity index (χ0n) is 11.6. The van der Waals surface area contributed by atoms with E-state index in [-0.39, 0.29) is 11.5 Å². The van der Waals surface area contributed by atoms with Gasteiger partial charge in [0.25, 0.3) is 5.91 Å². The molecule has 0 aromatic carbocycles. The quantitative estimate of drug-likeness (QED) is 0.772. The van der Waals surface area contributed by atoms with Crippen LogP contribution in [0.2, 0.25) is 4.34 Å². The Morgan fingerprint density at radius 1 is 1.27 bits per heavy atom. The van der Waals surface area contributed by atoms with E-state index in [4.69, 9.17) is 11.6 Å². The number of pyridine rings is 1. The highest BCUT2D eigenvalue weighted by molar-refractivity contribution is 7.19. The molecule has 0 atom stereocenters. The number of carbonyl (C=O) groups is 1. The summed E-state index contributed by atoms with van der Waals surface area (Å²) in [6, 6.07) is 6.66. The number of carbonyl (C=O) groups excluding carboxylic acids is 1. The third-order valence-corrected chi connectivity index (χ3v) is 4.44. The van der Waals surface area contributed by atoms with Crippen LogP contribution in [0.3, 0.4) is 0 Å². The fourth-order valence-corrected chi connectivity index (χ4v) is 3.15. The number of rotatable bonds is 3. The van der Waals surface area contributed by atoms with Crippen molar-refractivity contribution in [2.75, 3.05) is 5.32 Å². The van der Waals surface area contributed by atoms with Crippen LogP contribution in [-0.4, -0.2) is 15.5 Å². The number of H-pyrrole nitrogens is 1. The lowest BCUT2D eigenvalue weighted by Crippen LogP contribution is -2.18. The van der Waals surface area contributed by atoms with Crippen LogP contribution >= 0.6 is 22.9 Å². The number of aromatic nitrogens is 2. The Hall–Kier alpha value is -2.31. The molecular weight excluding hydrogens is 322 g/mol. The smallest absolute Gasteiger partial charge is 0.257 e. The molecule has 3 aromatic rings. The highest BCUT2D eigenvalue weighted by Crippen LogP contribution is 2.33. The van der Waals surface area contributed by atoms with Gasteiger partial charge in [-0.05, 0) is 18.2 Å². The summed E-state index contributed by atoms with van der Waals surface area (Å²) < 4.78 is 2.08. The molecule has 0 aliphatic heterocycles. The Bertz CT molecular complexity index is 894. The molecule has 0 spiro atoms. The van der Waals surface area contributed by atoms with Crippen molar-refractivity contribution in [2.45, 2.75) is 0 Å². The number of nitrogens with one attached hydrogen (secondary N) is 2. The van der Waals surface area contributed by atoms with Gasteiger partial charge in [-0.3, -0.25) is 9.59 Å². The SMILES string of the molecule is Cn1cc(NC(=O)c2c[nH]cc2-c2ccc(Cl)s2)ccc1=O. The molecule has 0 unspecified atom stereocenters. The first-order valence-corrected chi connectivity index (χ1v) is 7.64. The lowest BCUT2D eigenvalue weighted by atomic mass is 10.1. The van der Waals surface area contributed by atoms with Crippen LogP contribution in [0.1, 0.15) is 10.4 Å². The molecule has 0 saturated carbocycles. The number of aromatic amines is 1. The molecule has 0 bridgehead atoms. The molecule has 7 heteroatoms. The van der Waals surface area contributed by atoms with E-state index >= 15 is 0 Å². The van der Waals surface area contributed by atoms with E-state index in [0.717, 1.165) is 10.4 Å².